The molecule has 142 valence electrons. The quantitative estimate of drug-likeness (QED) is 0.330. The van der Waals surface area contributed by atoms with Crippen LogP contribution in [-0.4, -0.2) is 41.3 Å². The van der Waals surface area contributed by atoms with E-state index in [0.29, 0.717) is 25.1 Å². The fourth-order valence-corrected chi connectivity index (χ4v) is 2.70. The van der Waals surface area contributed by atoms with Gasteiger partial charge in [0.1, 0.15) is 0 Å². The van der Waals surface area contributed by atoms with Crippen LogP contribution in [0.2, 0.25) is 0 Å². The van der Waals surface area contributed by atoms with E-state index >= 15 is 0 Å². The molecule has 0 saturated heterocycles. The Balaban J connectivity index is 0.00000312. The van der Waals surface area contributed by atoms with E-state index in [-0.39, 0.29) is 30.1 Å². The summed E-state index contributed by atoms with van der Waals surface area (Å²) in [4.78, 5) is 8.94. The zero-order valence-corrected chi connectivity index (χ0v) is 17.5. The Morgan fingerprint density at radius 3 is 2.64 bits per heavy atom. The second kappa shape index (κ2) is 12.3. The molecule has 0 radical (unpaired) electrons. The Bertz CT molecular complexity index is 502. The highest BCUT2D eigenvalue weighted by Crippen LogP contribution is 2.18. The number of rotatable bonds is 7. The third kappa shape index (κ3) is 8.22. The van der Waals surface area contributed by atoms with Gasteiger partial charge in [0.15, 0.2) is 5.96 Å². The first-order valence-electron chi connectivity index (χ1n) is 9.01. The Kier molecular flexibility index (Phi) is 10.8. The molecule has 0 aromatic carbocycles. The highest BCUT2D eigenvalue weighted by molar-refractivity contribution is 14.0. The average Bonchev–Trinajstić information content (AvgIpc) is 2.61. The second-order valence-corrected chi connectivity index (χ2v) is 6.20. The zero-order valence-electron chi connectivity index (χ0n) is 15.2. The van der Waals surface area contributed by atoms with Crippen LogP contribution in [0.3, 0.4) is 0 Å². The van der Waals surface area contributed by atoms with Gasteiger partial charge in [0, 0.05) is 24.8 Å². The van der Waals surface area contributed by atoms with Gasteiger partial charge >= 0.3 is 0 Å². The molecule has 6 nitrogen and oxygen atoms in total. The van der Waals surface area contributed by atoms with Crippen molar-refractivity contribution in [3.8, 4) is 5.88 Å². The lowest BCUT2D eigenvalue weighted by Crippen LogP contribution is -2.45. The van der Waals surface area contributed by atoms with Gasteiger partial charge < -0.3 is 20.5 Å². The number of pyridine rings is 1. The number of nitrogens with one attached hydrogen (secondary N) is 2. The molecular weight excluding hydrogens is 431 g/mol. The third-order valence-corrected chi connectivity index (χ3v) is 4.05. The van der Waals surface area contributed by atoms with Gasteiger partial charge in [0.05, 0.1) is 19.3 Å². The van der Waals surface area contributed by atoms with Crippen LogP contribution in [0, 0.1) is 0 Å². The predicted octanol–water partition coefficient (Wildman–Crippen LogP) is 2.85. The van der Waals surface area contributed by atoms with Crippen molar-refractivity contribution in [2.75, 3.05) is 13.2 Å². The molecule has 0 amide bonds. The molecule has 0 spiro atoms. The maximum atomic E-state index is 9.60. The first-order chi connectivity index (χ1) is 11.7. The van der Waals surface area contributed by atoms with Crippen LogP contribution in [0.1, 0.15) is 51.5 Å². The lowest BCUT2D eigenvalue weighted by Gasteiger charge is -2.27. The molecule has 0 aliphatic heterocycles. The minimum absolute atomic E-state index is 0. The molecule has 0 atom stereocenters. The van der Waals surface area contributed by atoms with Crippen molar-refractivity contribution in [2.24, 2.45) is 4.99 Å². The molecule has 25 heavy (non-hydrogen) atoms. The first-order valence-corrected chi connectivity index (χ1v) is 9.01. The number of nitrogens with zero attached hydrogens (tertiary/aromatic N) is 2. The number of aromatic nitrogens is 1. The first kappa shape index (κ1) is 22.0. The van der Waals surface area contributed by atoms with E-state index in [2.05, 4.69) is 34.5 Å². The largest absolute Gasteiger partial charge is 0.478 e. The monoisotopic (exact) mass is 462 g/mol. The van der Waals surface area contributed by atoms with E-state index in [1.165, 1.54) is 0 Å². The van der Waals surface area contributed by atoms with Gasteiger partial charge in [-0.25, -0.2) is 9.98 Å². The second-order valence-electron chi connectivity index (χ2n) is 6.20. The molecular formula is C18H31IN4O2. The van der Waals surface area contributed by atoms with Gasteiger partial charge in [-0.15, -0.1) is 24.0 Å². The SMILES string of the molecule is CCCOc1ccc(CN=C(NCC)NC2CCC(O)CC2)cn1.I. The molecule has 1 aromatic rings. The average molecular weight is 462 g/mol. The van der Waals surface area contributed by atoms with Gasteiger partial charge in [0.25, 0.3) is 0 Å². The number of hydrogen-bond acceptors (Lipinski definition) is 4. The van der Waals surface area contributed by atoms with Gasteiger partial charge in [-0.05, 0) is 44.6 Å². The summed E-state index contributed by atoms with van der Waals surface area (Å²) in [6.45, 7) is 6.22. The van der Waals surface area contributed by atoms with Crippen LogP contribution >= 0.6 is 24.0 Å². The van der Waals surface area contributed by atoms with Gasteiger partial charge in [-0.2, -0.15) is 0 Å². The van der Waals surface area contributed by atoms with Crippen molar-refractivity contribution in [3.05, 3.63) is 23.9 Å². The maximum Gasteiger partial charge on any atom is 0.213 e. The molecule has 7 heteroatoms. The summed E-state index contributed by atoms with van der Waals surface area (Å²) >= 11 is 0. The highest BCUT2D eigenvalue weighted by atomic mass is 127. The molecule has 1 aromatic heterocycles. The Labute approximate surface area is 167 Å². The van der Waals surface area contributed by atoms with E-state index in [9.17, 15) is 5.11 Å². The Morgan fingerprint density at radius 1 is 1.28 bits per heavy atom. The van der Waals surface area contributed by atoms with Crippen molar-refractivity contribution >= 4 is 29.9 Å². The van der Waals surface area contributed by atoms with Crippen LogP contribution < -0.4 is 15.4 Å². The third-order valence-electron chi connectivity index (χ3n) is 4.05. The fraction of sp³-hybridized carbons (Fsp3) is 0.667. The minimum atomic E-state index is -0.137. The van der Waals surface area contributed by atoms with Crippen molar-refractivity contribution in [2.45, 2.75) is 64.6 Å². The van der Waals surface area contributed by atoms with E-state index in [4.69, 9.17) is 4.74 Å². The van der Waals surface area contributed by atoms with E-state index in [1.54, 1.807) is 0 Å². The van der Waals surface area contributed by atoms with E-state index < -0.39 is 0 Å². The van der Waals surface area contributed by atoms with Gasteiger partial charge in [0.2, 0.25) is 5.88 Å². The lowest BCUT2D eigenvalue weighted by molar-refractivity contribution is 0.120. The van der Waals surface area contributed by atoms with Crippen LogP contribution in [-0.2, 0) is 6.54 Å². The number of aliphatic hydroxyl groups excluding tert-OH is 1. The number of ether oxygens (including phenoxy) is 1. The molecule has 1 fully saturated rings. The van der Waals surface area contributed by atoms with Crippen molar-refractivity contribution in [3.63, 3.8) is 0 Å². The Morgan fingerprint density at radius 2 is 2.04 bits per heavy atom. The minimum Gasteiger partial charge on any atom is -0.478 e. The van der Waals surface area contributed by atoms with Crippen LogP contribution in [0.5, 0.6) is 5.88 Å². The summed E-state index contributed by atoms with van der Waals surface area (Å²) < 4.78 is 5.49. The molecule has 2 rings (SSSR count). The summed E-state index contributed by atoms with van der Waals surface area (Å²) in [5.41, 5.74) is 1.05. The highest BCUT2D eigenvalue weighted by Gasteiger charge is 2.19. The maximum absolute atomic E-state index is 9.60. The number of aliphatic imine (C=N–C) groups is 1. The standard InChI is InChI=1S/C18H30N4O2.HI/c1-3-11-24-17-10-5-14(12-20-17)13-21-18(19-4-2)22-15-6-8-16(23)9-7-15;/h5,10,12,15-16,23H,3-4,6-9,11,13H2,1-2H3,(H2,19,21,22);1H. The summed E-state index contributed by atoms with van der Waals surface area (Å²) in [6.07, 6.45) is 6.34. The van der Waals surface area contributed by atoms with E-state index in [1.807, 2.05) is 18.3 Å². The summed E-state index contributed by atoms with van der Waals surface area (Å²) in [7, 11) is 0. The number of hydrogen-bond donors (Lipinski definition) is 3. The summed E-state index contributed by atoms with van der Waals surface area (Å²) in [6, 6.07) is 4.28. The van der Waals surface area contributed by atoms with Crippen molar-refractivity contribution in [1.82, 2.24) is 15.6 Å². The Hall–Kier alpha value is -1.09. The van der Waals surface area contributed by atoms with Crippen molar-refractivity contribution < 1.29 is 9.84 Å². The zero-order chi connectivity index (χ0) is 17.2. The van der Waals surface area contributed by atoms with Gasteiger partial charge in [-0.3, -0.25) is 0 Å². The molecule has 0 unspecified atom stereocenters. The van der Waals surface area contributed by atoms with Gasteiger partial charge in [-0.1, -0.05) is 13.0 Å². The number of halogens is 1. The molecule has 1 aliphatic carbocycles. The van der Waals surface area contributed by atoms with E-state index in [0.717, 1.165) is 50.2 Å². The summed E-state index contributed by atoms with van der Waals surface area (Å²) in [5.74, 6) is 1.49. The molecule has 3 N–H and O–H groups in total. The molecule has 0 bridgehead atoms. The van der Waals surface area contributed by atoms with Crippen LogP contribution in [0.15, 0.2) is 23.3 Å². The normalized spacial score (nSPS) is 20.5. The number of aliphatic hydroxyl groups is 1. The molecule has 1 saturated carbocycles. The lowest BCUT2D eigenvalue weighted by atomic mass is 9.93. The summed E-state index contributed by atoms with van der Waals surface area (Å²) in [5, 5.41) is 16.4. The van der Waals surface area contributed by atoms with Crippen LogP contribution in [0.4, 0.5) is 0 Å². The van der Waals surface area contributed by atoms with Crippen molar-refractivity contribution in [1.29, 1.82) is 0 Å². The topological polar surface area (TPSA) is 78.8 Å². The van der Waals surface area contributed by atoms with Crippen LogP contribution in [0.25, 0.3) is 0 Å². The smallest absolute Gasteiger partial charge is 0.213 e. The number of guanidine groups is 1. The molecule has 1 aliphatic rings. The fourth-order valence-electron chi connectivity index (χ4n) is 2.70. The predicted molar refractivity (Wildman–Crippen MR) is 112 cm³/mol. The molecule has 1 heterocycles.